The number of carbonyl (C=O) groups is 3. The Balaban J connectivity index is 2.68. The zero-order valence-corrected chi connectivity index (χ0v) is 10.8. The summed E-state index contributed by atoms with van der Waals surface area (Å²) in [4.78, 5) is 36.0. The van der Waals surface area contributed by atoms with Crippen molar-refractivity contribution in [2.24, 2.45) is 0 Å². The first-order valence-corrected chi connectivity index (χ1v) is 5.66. The first kappa shape index (κ1) is 14.3. The van der Waals surface area contributed by atoms with Crippen LogP contribution in [0.5, 0.6) is 0 Å². The molecule has 1 N–H and O–H groups in total. The average Bonchev–Trinajstić information content (AvgIpc) is 2.25. The van der Waals surface area contributed by atoms with Crippen LogP contribution in [0.2, 0.25) is 0 Å². The molecule has 0 saturated carbocycles. The van der Waals surface area contributed by atoms with Gasteiger partial charge in [0.15, 0.2) is 0 Å². The molecule has 1 fully saturated rings. The van der Waals surface area contributed by atoms with E-state index in [1.54, 1.807) is 20.8 Å². The zero-order chi connectivity index (χ0) is 13.9. The van der Waals surface area contributed by atoms with Crippen LogP contribution in [0.25, 0.3) is 0 Å². The fourth-order valence-corrected chi connectivity index (χ4v) is 1.64. The molecule has 0 aromatic carbocycles. The van der Waals surface area contributed by atoms with Crippen molar-refractivity contribution in [3.8, 4) is 0 Å². The minimum atomic E-state index is -1.13. The number of ether oxygens (including phenoxy) is 1. The zero-order valence-electron chi connectivity index (χ0n) is 10.8. The van der Waals surface area contributed by atoms with Crippen molar-refractivity contribution in [3.05, 3.63) is 0 Å². The van der Waals surface area contributed by atoms with Gasteiger partial charge in [-0.05, 0) is 20.8 Å². The molecule has 7 heteroatoms. The molecule has 0 bridgehead atoms. The second-order valence-corrected chi connectivity index (χ2v) is 5.12. The molecule has 1 saturated heterocycles. The maximum atomic E-state index is 11.8. The molecular formula is C11H18N2O5. The molecule has 0 unspecified atom stereocenters. The molecule has 18 heavy (non-hydrogen) atoms. The lowest BCUT2D eigenvalue weighted by atomic mass is 10.2. The molecule has 1 atom stereocenters. The van der Waals surface area contributed by atoms with E-state index in [1.165, 1.54) is 9.80 Å². The summed E-state index contributed by atoms with van der Waals surface area (Å²) in [5.41, 5.74) is -0.627. The SMILES string of the molecule is CC(C)(C)OC(=O)N1CCN(C=O)[C@H](C(=O)O)C1. The maximum Gasteiger partial charge on any atom is 0.410 e. The molecule has 0 aromatic heterocycles. The first-order chi connectivity index (χ1) is 8.24. The molecule has 1 heterocycles. The minimum Gasteiger partial charge on any atom is -0.480 e. The number of piperazine rings is 1. The summed E-state index contributed by atoms with van der Waals surface area (Å²) < 4.78 is 5.16. The van der Waals surface area contributed by atoms with Crippen LogP contribution >= 0.6 is 0 Å². The number of carboxylic acids is 1. The van der Waals surface area contributed by atoms with E-state index in [2.05, 4.69) is 0 Å². The smallest absolute Gasteiger partial charge is 0.410 e. The molecule has 1 aliphatic heterocycles. The number of hydrogen-bond acceptors (Lipinski definition) is 4. The van der Waals surface area contributed by atoms with Crippen LogP contribution < -0.4 is 0 Å². The van der Waals surface area contributed by atoms with Gasteiger partial charge in [-0.25, -0.2) is 9.59 Å². The first-order valence-electron chi connectivity index (χ1n) is 5.66. The predicted molar refractivity (Wildman–Crippen MR) is 62.0 cm³/mol. The van der Waals surface area contributed by atoms with Crippen LogP contribution in [0, 0.1) is 0 Å². The van der Waals surface area contributed by atoms with E-state index < -0.39 is 23.7 Å². The maximum absolute atomic E-state index is 11.8. The van der Waals surface area contributed by atoms with Crippen molar-refractivity contribution in [2.45, 2.75) is 32.4 Å². The third-order valence-corrected chi connectivity index (χ3v) is 2.49. The lowest BCUT2D eigenvalue weighted by molar-refractivity contribution is -0.149. The van der Waals surface area contributed by atoms with E-state index in [4.69, 9.17) is 9.84 Å². The van der Waals surface area contributed by atoms with Gasteiger partial charge in [-0.15, -0.1) is 0 Å². The summed E-state index contributed by atoms with van der Waals surface area (Å²) in [6, 6.07) is -1.01. The molecule has 1 rings (SSSR count). The van der Waals surface area contributed by atoms with E-state index in [0.29, 0.717) is 6.41 Å². The van der Waals surface area contributed by atoms with E-state index >= 15 is 0 Å². The van der Waals surface area contributed by atoms with Gasteiger partial charge in [0.2, 0.25) is 6.41 Å². The average molecular weight is 258 g/mol. The number of carbonyl (C=O) groups excluding carboxylic acids is 2. The topological polar surface area (TPSA) is 87.2 Å². The molecule has 0 spiro atoms. The normalized spacial score (nSPS) is 20.5. The highest BCUT2D eigenvalue weighted by Gasteiger charge is 2.35. The molecule has 7 nitrogen and oxygen atoms in total. The van der Waals surface area contributed by atoms with Crippen molar-refractivity contribution in [2.75, 3.05) is 19.6 Å². The van der Waals surface area contributed by atoms with Crippen molar-refractivity contribution in [3.63, 3.8) is 0 Å². The number of aliphatic carboxylic acids is 1. The Morgan fingerprint density at radius 2 is 1.94 bits per heavy atom. The van der Waals surface area contributed by atoms with Crippen LogP contribution in [0.1, 0.15) is 20.8 Å². The molecule has 102 valence electrons. The van der Waals surface area contributed by atoms with Crippen molar-refractivity contribution in [1.29, 1.82) is 0 Å². The number of carboxylic acid groups (broad SMARTS) is 1. The second kappa shape index (κ2) is 5.24. The Labute approximate surface area is 105 Å². The minimum absolute atomic E-state index is 0.0526. The van der Waals surface area contributed by atoms with Crippen LogP contribution in [0.4, 0.5) is 4.79 Å². The van der Waals surface area contributed by atoms with Gasteiger partial charge in [-0.2, -0.15) is 0 Å². The van der Waals surface area contributed by atoms with Gasteiger partial charge in [-0.3, -0.25) is 4.79 Å². The molecular weight excluding hydrogens is 240 g/mol. The summed E-state index contributed by atoms with van der Waals surface area (Å²) in [6.45, 7) is 5.63. The summed E-state index contributed by atoms with van der Waals surface area (Å²) >= 11 is 0. The number of hydrogen-bond donors (Lipinski definition) is 1. The van der Waals surface area contributed by atoms with E-state index in [9.17, 15) is 14.4 Å². The predicted octanol–water partition coefficient (Wildman–Crippen LogP) is 0.149. The lowest BCUT2D eigenvalue weighted by Crippen LogP contribution is -2.57. The van der Waals surface area contributed by atoms with Gasteiger partial charge in [0.25, 0.3) is 0 Å². The Morgan fingerprint density at radius 1 is 1.33 bits per heavy atom. The van der Waals surface area contributed by atoms with Crippen molar-refractivity contribution < 1.29 is 24.2 Å². The molecule has 0 radical (unpaired) electrons. The highest BCUT2D eigenvalue weighted by atomic mass is 16.6. The monoisotopic (exact) mass is 258 g/mol. The summed E-state index contributed by atoms with van der Waals surface area (Å²) in [5, 5.41) is 8.99. The Morgan fingerprint density at radius 3 is 2.39 bits per heavy atom. The van der Waals surface area contributed by atoms with E-state index in [0.717, 1.165) is 0 Å². The van der Waals surface area contributed by atoms with Gasteiger partial charge in [-0.1, -0.05) is 0 Å². The summed E-state index contributed by atoms with van der Waals surface area (Å²) in [5.74, 6) is -1.13. The standard InChI is InChI=1S/C11H18N2O5/c1-11(2,3)18-10(17)12-4-5-13(7-14)8(6-12)9(15)16/h7-8H,4-6H2,1-3H3,(H,15,16)/t8-/m0/s1. The second-order valence-electron chi connectivity index (χ2n) is 5.12. The molecule has 1 aliphatic rings. The van der Waals surface area contributed by atoms with Crippen molar-refractivity contribution >= 4 is 18.5 Å². The Bertz CT molecular complexity index is 350. The summed E-state index contributed by atoms with van der Waals surface area (Å²) in [7, 11) is 0. The number of amides is 2. The van der Waals surface area contributed by atoms with Gasteiger partial charge in [0, 0.05) is 13.1 Å². The third-order valence-electron chi connectivity index (χ3n) is 2.49. The lowest BCUT2D eigenvalue weighted by Gasteiger charge is -2.37. The van der Waals surface area contributed by atoms with Crippen molar-refractivity contribution in [1.82, 2.24) is 9.80 Å². The highest BCUT2D eigenvalue weighted by molar-refractivity contribution is 5.78. The van der Waals surface area contributed by atoms with Gasteiger partial charge in [0.1, 0.15) is 11.6 Å². The quantitative estimate of drug-likeness (QED) is 0.712. The Kier molecular flexibility index (Phi) is 4.15. The third kappa shape index (κ3) is 3.61. The van der Waals surface area contributed by atoms with E-state index in [1.807, 2.05) is 0 Å². The Hall–Kier alpha value is -1.79. The number of nitrogens with zero attached hydrogens (tertiary/aromatic N) is 2. The van der Waals surface area contributed by atoms with E-state index in [-0.39, 0.29) is 19.6 Å². The largest absolute Gasteiger partial charge is 0.480 e. The van der Waals surface area contributed by atoms with Gasteiger partial charge >= 0.3 is 12.1 Å². The highest BCUT2D eigenvalue weighted by Crippen LogP contribution is 2.14. The molecule has 0 aliphatic carbocycles. The van der Waals surface area contributed by atoms with Crippen LogP contribution in [-0.2, 0) is 14.3 Å². The summed E-state index contributed by atoms with van der Waals surface area (Å²) in [6.07, 6.45) is -0.0649. The van der Waals surface area contributed by atoms with Crippen LogP contribution in [-0.4, -0.2) is 64.7 Å². The fraction of sp³-hybridized carbons (Fsp3) is 0.727. The number of rotatable bonds is 2. The van der Waals surface area contributed by atoms with Crippen LogP contribution in [0.3, 0.4) is 0 Å². The van der Waals surface area contributed by atoms with Gasteiger partial charge < -0.3 is 19.6 Å². The van der Waals surface area contributed by atoms with Gasteiger partial charge in [0.05, 0.1) is 6.54 Å². The molecule has 0 aromatic rings. The fourth-order valence-electron chi connectivity index (χ4n) is 1.64. The molecule has 2 amide bonds. The van der Waals surface area contributed by atoms with Crippen LogP contribution in [0.15, 0.2) is 0 Å².